The van der Waals surface area contributed by atoms with Gasteiger partial charge in [-0.15, -0.1) is 11.3 Å². The highest BCUT2D eigenvalue weighted by Gasteiger charge is 2.18. The van der Waals surface area contributed by atoms with Crippen LogP contribution >= 0.6 is 34.5 Å². The van der Waals surface area contributed by atoms with Gasteiger partial charge in [-0.25, -0.2) is 9.78 Å². The van der Waals surface area contributed by atoms with Crippen molar-refractivity contribution in [3.63, 3.8) is 0 Å². The number of amides is 3. The van der Waals surface area contributed by atoms with Gasteiger partial charge in [0, 0.05) is 30.9 Å². The first-order valence-electron chi connectivity index (χ1n) is 9.58. The van der Waals surface area contributed by atoms with E-state index in [1.165, 1.54) is 11.3 Å². The summed E-state index contributed by atoms with van der Waals surface area (Å²) in [7, 11) is 1.56. The number of thiazole rings is 1. The van der Waals surface area contributed by atoms with Crippen LogP contribution in [0.5, 0.6) is 0 Å². The SMILES string of the molecule is COCCN(Cc1nc(C(=O)NCc2ccccn2)cs1)C(=O)Nc1ccc(Cl)c(Cl)c1. The van der Waals surface area contributed by atoms with Gasteiger partial charge in [-0.3, -0.25) is 9.78 Å². The molecular weight excluding hydrogens is 473 g/mol. The third kappa shape index (κ3) is 6.89. The normalized spacial score (nSPS) is 10.6. The standard InChI is InChI=1S/C21H21Cl2N5O3S/c1-31-9-8-28(21(30)26-14-5-6-16(22)17(23)10-14)12-19-27-18(13-32-19)20(29)25-11-15-4-2-3-7-24-15/h2-7,10,13H,8-9,11-12H2,1H3,(H,25,29)(H,26,30). The van der Waals surface area contributed by atoms with Crippen molar-refractivity contribution < 1.29 is 14.3 Å². The molecule has 3 aromatic rings. The van der Waals surface area contributed by atoms with E-state index in [1.54, 1.807) is 41.8 Å². The van der Waals surface area contributed by atoms with Crippen LogP contribution in [0.1, 0.15) is 21.2 Å². The van der Waals surface area contributed by atoms with E-state index in [2.05, 4.69) is 20.6 Å². The summed E-state index contributed by atoms with van der Waals surface area (Å²) >= 11 is 13.2. The van der Waals surface area contributed by atoms with Crippen LogP contribution in [0.15, 0.2) is 48.0 Å². The van der Waals surface area contributed by atoms with E-state index in [-0.39, 0.29) is 24.2 Å². The summed E-state index contributed by atoms with van der Waals surface area (Å²) in [6.07, 6.45) is 1.67. The molecule has 0 spiro atoms. The zero-order valence-electron chi connectivity index (χ0n) is 17.2. The number of nitrogens with one attached hydrogen (secondary N) is 2. The van der Waals surface area contributed by atoms with Crippen LogP contribution in [-0.2, 0) is 17.8 Å². The largest absolute Gasteiger partial charge is 0.383 e. The number of nitrogens with zero attached hydrogens (tertiary/aromatic N) is 3. The zero-order chi connectivity index (χ0) is 22.9. The molecule has 2 N–H and O–H groups in total. The van der Waals surface area contributed by atoms with Crippen LogP contribution in [-0.4, -0.2) is 47.1 Å². The molecule has 0 aliphatic rings. The fourth-order valence-corrected chi connectivity index (χ4v) is 3.73. The number of pyridine rings is 1. The van der Waals surface area contributed by atoms with Gasteiger partial charge in [0.2, 0.25) is 0 Å². The third-order valence-corrected chi connectivity index (χ3v) is 5.86. The molecule has 0 saturated carbocycles. The number of hydrogen-bond acceptors (Lipinski definition) is 6. The summed E-state index contributed by atoms with van der Waals surface area (Å²) in [5.41, 5.74) is 1.55. The molecule has 0 unspecified atom stereocenters. The Labute approximate surface area is 199 Å². The Morgan fingerprint density at radius 2 is 2.03 bits per heavy atom. The molecule has 2 aromatic heterocycles. The lowest BCUT2D eigenvalue weighted by Gasteiger charge is -2.22. The Bertz CT molecular complexity index is 1060. The minimum absolute atomic E-state index is 0.217. The fourth-order valence-electron chi connectivity index (χ4n) is 2.65. The maximum atomic E-state index is 12.8. The second-order valence-corrected chi connectivity index (χ2v) is 8.36. The second kappa shape index (κ2) is 11.8. The highest BCUT2D eigenvalue weighted by molar-refractivity contribution is 7.09. The molecule has 0 saturated heterocycles. The van der Waals surface area contributed by atoms with Crippen molar-refractivity contribution in [3.05, 3.63) is 74.4 Å². The average molecular weight is 494 g/mol. The molecule has 0 fully saturated rings. The van der Waals surface area contributed by atoms with Crippen molar-refractivity contribution in [2.75, 3.05) is 25.6 Å². The second-order valence-electron chi connectivity index (χ2n) is 6.60. The lowest BCUT2D eigenvalue weighted by atomic mass is 10.3. The first-order chi connectivity index (χ1) is 15.5. The Kier molecular flexibility index (Phi) is 8.81. The van der Waals surface area contributed by atoms with Crippen molar-refractivity contribution >= 4 is 52.2 Å². The van der Waals surface area contributed by atoms with Gasteiger partial charge in [-0.05, 0) is 30.3 Å². The number of methoxy groups -OCH3 is 1. The Morgan fingerprint density at radius 3 is 2.75 bits per heavy atom. The summed E-state index contributed by atoms with van der Waals surface area (Å²) in [5.74, 6) is -0.304. The van der Waals surface area contributed by atoms with Gasteiger partial charge < -0.3 is 20.3 Å². The van der Waals surface area contributed by atoms with Gasteiger partial charge in [0.1, 0.15) is 10.7 Å². The van der Waals surface area contributed by atoms with E-state index in [1.807, 2.05) is 18.2 Å². The minimum atomic E-state index is -0.350. The molecule has 32 heavy (non-hydrogen) atoms. The number of aromatic nitrogens is 2. The topological polar surface area (TPSA) is 96.4 Å². The van der Waals surface area contributed by atoms with Crippen LogP contribution in [0.25, 0.3) is 0 Å². The highest BCUT2D eigenvalue weighted by atomic mass is 35.5. The lowest BCUT2D eigenvalue weighted by molar-refractivity contribution is 0.0946. The molecule has 1 aromatic carbocycles. The maximum Gasteiger partial charge on any atom is 0.322 e. The Balaban J connectivity index is 1.62. The molecule has 3 rings (SSSR count). The van der Waals surface area contributed by atoms with E-state index in [9.17, 15) is 9.59 Å². The summed E-state index contributed by atoms with van der Waals surface area (Å²) in [6, 6.07) is 9.98. The number of ether oxygens (including phenoxy) is 1. The zero-order valence-corrected chi connectivity index (χ0v) is 19.5. The number of carbonyl (C=O) groups is 2. The quantitative estimate of drug-likeness (QED) is 0.458. The number of anilines is 1. The number of rotatable bonds is 9. The highest BCUT2D eigenvalue weighted by Crippen LogP contribution is 2.25. The average Bonchev–Trinajstić information content (AvgIpc) is 3.27. The molecule has 8 nitrogen and oxygen atoms in total. The van der Waals surface area contributed by atoms with E-state index < -0.39 is 0 Å². The van der Waals surface area contributed by atoms with Gasteiger partial charge in [-0.2, -0.15) is 0 Å². The number of carbonyl (C=O) groups excluding carboxylic acids is 2. The number of halogens is 2. The molecule has 2 heterocycles. The molecule has 3 amide bonds. The molecule has 11 heteroatoms. The van der Waals surface area contributed by atoms with Crippen molar-refractivity contribution in [1.82, 2.24) is 20.2 Å². The molecule has 0 radical (unpaired) electrons. The van der Waals surface area contributed by atoms with Gasteiger partial charge in [0.05, 0.1) is 35.4 Å². The molecule has 0 aliphatic heterocycles. The Morgan fingerprint density at radius 1 is 1.19 bits per heavy atom. The van der Waals surface area contributed by atoms with Crippen LogP contribution in [0.2, 0.25) is 10.0 Å². The number of benzene rings is 1. The van der Waals surface area contributed by atoms with Gasteiger partial charge in [0.15, 0.2) is 0 Å². The fraction of sp³-hybridized carbons (Fsp3) is 0.238. The maximum absolute atomic E-state index is 12.8. The molecule has 0 atom stereocenters. The van der Waals surface area contributed by atoms with Crippen LogP contribution in [0.4, 0.5) is 10.5 Å². The predicted octanol–water partition coefficient (Wildman–Crippen LogP) is 4.46. The van der Waals surface area contributed by atoms with Crippen molar-refractivity contribution in [2.45, 2.75) is 13.1 Å². The van der Waals surface area contributed by atoms with Crippen LogP contribution in [0, 0.1) is 0 Å². The van der Waals surface area contributed by atoms with Crippen LogP contribution in [0.3, 0.4) is 0 Å². The smallest absolute Gasteiger partial charge is 0.322 e. The Hall–Kier alpha value is -2.72. The number of hydrogen-bond donors (Lipinski definition) is 2. The van der Waals surface area contributed by atoms with E-state index in [4.69, 9.17) is 27.9 Å². The van der Waals surface area contributed by atoms with Crippen molar-refractivity contribution in [3.8, 4) is 0 Å². The van der Waals surface area contributed by atoms with Gasteiger partial charge >= 0.3 is 6.03 Å². The van der Waals surface area contributed by atoms with E-state index in [0.717, 1.165) is 5.69 Å². The minimum Gasteiger partial charge on any atom is -0.383 e. The molecule has 0 bridgehead atoms. The molecule has 0 aliphatic carbocycles. The summed E-state index contributed by atoms with van der Waals surface area (Å²) in [4.78, 5) is 35.3. The summed E-state index contributed by atoms with van der Waals surface area (Å²) in [6.45, 7) is 1.20. The van der Waals surface area contributed by atoms with E-state index >= 15 is 0 Å². The summed E-state index contributed by atoms with van der Waals surface area (Å²) < 4.78 is 5.12. The monoisotopic (exact) mass is 493 g/mol. The lowest BCUT2D eigenvalue weighted by Crippen LogP contribution is -2.36. The summed E-state index contributed by atoms with van der Waals surface area (Å²) in [5, 5.41) is 8.60. The first-order valence-corrected chi connectivity index (χ1v) is 11.2. The van der Waals surface area contributed by atoms with Gasteiger partial charge in [-0.1, -0.05) is 29.3 Å². The predicted molar refractivity (Wildman–Crippen MR) is 125 cm³/mol. The molecule has 168 valence electrons. The first kappa shape index (κ1) is 23.9. The van der Waals surface area contributed by atoms with Crippen molar-refractivity contribution in [1.29, 1.82) is 0 Å². The van der Waals surface area contributed by atoms with Crippen molar-refractivity contribution in [2.24, 2.45) is 0 Å². The van der Waals surface area contributed by atoms with Crippen LogP contribution < -0.4 is 10.6 Å². The molecular formula is C21H21Cl2N5O3S. The number of urea groups is 1. The van der Waals surface area contributed by atoms with Gasteiger partial charge in [0.25, 0.3) is 5.91 Å². The van der Waals surface area contributed by atoms with E-state index in [0.29, 0.717) is 40.4 Å². The third-order valence-electron chi connectivity index (χ3n) is 4.29.